The monoisotopic (exact) mass is 622 g/mol. The predicted molar refractivity (Wildman–Crippen MR) is 144 cm³/mol. The van der Waals surface area contributed by atoms with Crippen molar-refractivity contribution < 1.29 is 48.8 Å². The zero-order valence-corrected chi connectivity index (χ0v) is 22.6. The molecule has 214 valence electrons. The molecule has 7 N–H and O–H groups in total. The predicted octanol–water partition coefficient (Wildman–Crippen LogP) is 3.54. The van der Waals surface area contributed by atoms with Gasteiger partial charge in [0, 0.05) is 11.8 Å². The second kappa shape index (κ2) is 10.5. The molecule has 0 saturated heterocycles. The van der Waals surface area contributed by atoms with Crippen molar-refractivity contribution in [2.45, 2.75) is 14.7 Å². The maximum atomic E-state index is 12.7. The van der Waals surface area contributed by atoms with Crippen molar-refractivity contribution in [1.82, 2.24) is 0 Å². The van der Waals surface area contributed by atoms with Crippen molar-refractivity contribution in [3.63, 3.8) is 0 Å². The average molecular weight is 623 g/mol. The van der Waals surface area contributed by atoms with E-state index in [2.05, 4.69) is 15.5 Å². The largest absolute Gasteiger partial charge is 0.507 e. The Morgan fingerprint density at radius 1 is 0.756 bits per heavy atom. The molecule has 4 rings (SSSR count). The van der Waals surface area contributed by atoms with Crippen molar-refractivity contribution in [3.05, 3.63) is 72.3 Å². The number of hydrogen-bond acceptors (Lipinski definition) is 11. The van der Waals surface area contributed by atoms with Crippen LogP contribution in [0.25, 0.3) is 10.8 Å². The Balaban J connectivity index is 1.76. The first-order valence-electron chi connectivity index (χ1n) is 10.9. The van der Waals surface area contributed by atoms with Crippen LogP contribution in [0.3, 0.4) is 0 Å². The van der Waals surface area contributed by atoms with Crippen LogP contribution in [-0.2, 0) is 30.4 Å². The maximum Gasteiger partial charge on any atom is 0.296 e. The minimum absolute atomic E-state index is 0.0639. The Labute approximate surface area is 232 Å². The summed E-state index contributed by atoms with van der Waals surface area (Å²) in [5.41, 5.74) is 4.55. The van der Waals surface area contributed by atoms with Crippen LogP contribution in [0.5, 0.6) is 5.75 Å². The van der Waals surface area contributed by atoms with Gasteiger partial charge in [0.2, 0.25) is 0 Å². The fourth-order valence-corrected chi connectivity index (χ4v) is 5.61. The number of nitrogen functional groups attached to an aromatic ring is 1. The molecule has 0 spiro atoms. The van der Waals surface area contributed by atoms with Gasteiger partial charge in [-0.3, -0.25) is 18.5 Å². The Morgan fingerprint density at radius 3 is 2.05 bits per heavy atom. The van der Waals surface area contributed by atoms with E-state index in [1.54, 1.807) is 0 Å². The third-order valence-corrected chi connectivity index (χ3v) is 8.16. The van der Waals surface area contributed by atoms with Gasteiger partial charge in [-0.2, -0.15) is 25.3 Å². The quantitative estimate of drug-likeness (QED) is 0.0982. The van der Waals surface area contributed by atoms with Gasteiger partial charge < -0.3 is 16.2 Å². The Kier molecular flexibility index (Phi) is 7.56. The molecule has 0 saturated carbocycles. The molecule has 41 heavy (non-hydrogen) atoms. The summed E-state index contributed by atoms with van der Waals surface area (Å²) in [7, 11) is -14.4. The highest BCUT2D eigenvalue weighted by atomic mass is 32.2. The molecule has 0 aliphatic rings. The number of nitrogens with two attached hydrogens (primary N) is 1. The van der Waals surface area contributed by atoms with Crippen LogP contribution in [-0.4, -0.2) is 49.9 Å². The molecular weight excluding hydrogens is 604 g/mol. The van der Waals surface area contributed by atoms with Gasteiger partial charge in [0.05, 0.1) is 21.5 Å². The van der Waals surface area contributed by atoms with Gasteiger partial charge in [-0.25, -0.2) is 0 Å². The number of aromatic hydroxyl groups is 1. The van der Waals surface area contributed by atoms with Crippen molar-refractivity contribution in [3.8, 4) is 5.75 Å². The highest BCUT2D eigenvalue weighted by molar-refractivity contribution is 7.86. The minimum Gasteiger partial charge on any atom is -0.507 e. The molecule has 15 nitrogen and oxygen atoms in total. The van der Waals surface area contributed by atoms with Crippen LogP contribution in [0.15, 0.2) is 91.6 Å². The summed E-state index contributed by atoms with van der Waals surface area (Å²) in [4.78, 5) is 10.5. The second-order valence-electron chi connectivity index (χ2n) is 8.30. The summed E-state index contributed by atoms with van der Waals surface area (Å²) >= 11 is 0. The topological polar surface area (TPSA) is 263 Å². The number of nitrogens with zero attached hydrogens (tertiary/aromatic N) is 2. The molecule has 0 aromatic heterocycles. The van der Waals surface area contributed by atoms with Gasteiger partial charge in [0.15, 0.2) is 0 Å². The molecule has 0 aliphatic heterocycles. The normalized spacial score (nSPS) is 12.6. The molecule has 0 aliphatic carbocycles. The van der Waals surface area contributed by atoms with E-state index in [9.17, 15) is 48.8 Å². The lowest BCUT2D eigenvalue weighted by molar-refractivity contribution is 0.102. The first kappa shape index (κ1) is 29.5. The molecule has 0 radical (unpaired) electrons. The fourth-order valence-electron chi connectivity index (χ4n) is 3.73. The van der Waals surface area contributed by atoms with Crippen LogP contribution >= 0.6 is 0 Å². The zero-order valence-electron chi connectivity index (χ0n) is 20.2. The first-order valence-corrected chi connectivity index (χ1v) is 15.2. The second-order valence-corrected chi connectivity index (χ2v) is 12.5. The summed E-state index contributed by atoms with van der Waals surface area (Å²) < 4.78 is 98.8. The third-order valence-electron chi connectivity index (χ3n) is 5.54. The average Bonchev–Trinajstić information content (AvgIpc) is 2.87. The number of phenols is 1. The zero-order chi connectivity index (χ0) is 30.3. The van der Waals surface area contributed by atoms with Gasteiger partial charge in [0.25, 0.3) is 36.3 Å². The van der Waals surface area contributed by atoms with Gasteiger partial charge >= 0.3 is 0 Å². The summed E-state index contributed by atoms with van der Waals surface area (Å²) in [6.45, 7) is 0. The lowest BCUT2D eigenvalue weighted by atomic mass is 10.1. The van der Waals surface area contributed by atoms with E-state index in [4.69, 9.17) is 5.73 Å². The highest BCUT2D eigenvalue weighted by Crippen LogP contribution is 2.41. The van der Waals surface area contributed by atoms with E-state index in [0.717, 1.165) is 42.5 Å². The Bertz CT molecular complexity index is 2090. The van der Waals surface area contributed by atoms with Crippen molar-refractivity contribution >= 4 is 69.8 Å². The molecule has 0 bridgehead atoms. The van der Waals surface area contributed by atoms with E-state index in [0.29, 0.717) is 0 Å². The van der Waals surface area contributed by atoms with Gasteiger partial charge in [-0.05, 0) is 47.9 Å². The summed E-state index contributed by atoms with van der Waals surface area (Å²) in [6.07, 6.45) is 0. The van der Waals surface area contributed by atoms with E-state index in [1.165, 1.54) is 24.3 Å². The highest BCUT2D eigenvalue weighted by Gasteiger charge is 2.22. The van der Waals surface area contributed by atoms with Crippen LogP contribution in [0, 0.1) is 0 Å². The van der Waals surface area contributed by atoms with Gasteiger partial charge in [-0.15, -0.1) is 10.2 Å². The first-order chi connectivity index (χ1) is 19.0. The number of fused-ring (bicyclic) bond motifs is 1. The van der Waals surface area contributed by atoms with Crippen LogP contribution in [0.4, 0.5) is 22.7 Å². The van der Waals surface area contributed by atoms with Crippen molar-refractivity contribution in [1.29, 1.82) is 0 Å². The molecule has 1 amide bonds. The number of carbonyl (C=O) groups excluding carboxylic acids is 1. The maximum absolute atomic E-state index is 12.7. The van der Waals surface area contributed by atoms with Crippen LogP contribution in [0.1, 0.15) is 10.4 Å². The molecule has 0 unspecified atom stereocenters. The number of phenolic OH excluding ortho intramolecular Hbond substituents is 1. The number of benzene rings is 4. The van der Waals surface area contributed by atoms with E-state index < -0.39 is 67.9 Å². The number of amides is 1. The van der Waals surface area contributed by atoms with E-state index in [1.807, 2.05) is 0 Å². The molecule has 0 fully saturated rings. The number of carbonyl (C=O) groups is 1. The Morgan fingerprint density at radius 2 is 1.41 bits per heavy atom. The SMILES string of the molecule is Nc1ccc2cc(S(=O)(=O)O)cc(O)c2c1/N=N/c1ccc(NC(=O)c2ccccc2S(=O)(=O)O)cc1S(=O)(=O)O. The summed E-state index contributed by atoms with van der Waals surface area (Å²) in [5, 5.41) is 20.3. The number of rotatable bonds is 7. The van der Waals surface area contributed by atoms with Crippen LogP contribution in [0.2, 0.25) is 0 Å². The third kappa shape index (κ3) is 6.32. The lowest BCUT2D eigenvalue weighted by Gasteiger charge is -2.11. The van der Waals surface area contributed by atoms with E-state index in [-0.39, 0.29) is 27.8 Å². The molecular formula is C23H18N4O11S3. The van der Waals surface area contributed by atoms with Crippen molar-refractivity contribution in [2.24, 2.45) is 10.2 Å². The molecule has 0 atom stereocenters. The smallest absolute Gasteiger partial charge is 0.296 e. The van der Waals surface area contributed by atoms with Crippen LogP contribution < -0.4 is 11.1 Å². The minimum atomic E-state index is -4.99. The summed E-state index contributed by atoms with van der Waals surface area (Å²) in [5.74, 6) is -1.67. The molecule has 4 aromatic rings. The molecule has 0 heterocycles. The molecule has 18 heteroatoms. The van der Waals surface area contributed by atoms with Crippen molar-refractivity contribution in [2.75, 3.05) is 11.1 Å². The number of azo groups is 1. The molecule has 4 aromatic carbocycles. The van der Waals surface area contributed by atoms with Gasteiger partial charge in [0.1, 0.15) is 26.9 Å². The number of hydrogen-bond donors (Lipinski definition) is 6. The lowest BCUT2D eigenvalue weighted by Crippen LogP contribution is -2.16. The fraction of sp³-hybridized carbons (Fsp3) is 0. The van der Waals surface area contributed by atoms with Gasteiger partial charge in [-0.1, -0.05) is 18.2 Å². The van der Waals surface area contributed by atoms with E-state index >= 15 is 0 Å². The Hall–Kier alpha value is -4.46. The standard InChI is InChI=1S/C23H18N4O11S3/c24-16-7-5-12-9-14(39(30,31)32)11-18(28)21(12)22(16)27-26-17-8-6-13(10-20(17)41(36,37)38)25-23(29)15-3-1-2-4-19(15)40(33,34)35/h1-11,28H,24H2,(H,25,29)(H,30,31,32)(H,33,34,35)(H,36,37,38)/b27-26+. The summed E-state index contributed by atoms with van der Waals surface area (Å²) in [6, 6.07) is 12.1. The number of nitrogens with one attached hydrogen (secondary N) is 1. The number of anilines is 2.